The van der Waals surface area contributed by atoms with E-state index in [1.165, 1.54) is 0 Å². The molecule has 1 heterocycles. The summed E-state index contributed by atoms with van der Waals surface area (Å²) in [5.74, 6) is 6.27. The zero-order chi connectivity index (χ0) is 13.8. The Hall–Kier alpha value is -1.33. The lowest BCUT2D eigenvalue weighted by molar-refractivity contribution is 0.411. The number of pyridine rings is 1. The highest BCUT2D eigenvalue weighted by Crippen LogP contribution is 2.34. The van der Waals surface area contributed by atoms with E-state index in [0.717, 1.165) is 5.56 Å². The molecule has 2 aromatic rings. The van der Waals surface area contributed by atoms with Gasteiger partial charge in [0.2, 0.25) is 0 Å². The number of methoxy groups -OCH3 is 1. The van der Waals surface area contributed by atoms with Crippen LogP contribution in [0.3, 0.4) is 0 Å². The number of nitrogens with one attached hydrogen (secondary N) is 1. The van der Waals surface area contributed by atoms with Gasteiger partial charge in [-0.1, -0.05) is 29.3 Å². The summed E-state index contributed by atoms with van der Waals surface area (Å²) in [6, 6.07) is 6.79. The molecule has 0 saturated carbocycles. The second-order valence-corrected chi connectivity index (χ2v) is 4.71. The minimum Gasteiger partial charge on any atom is -0.495 e. The van der Waals surface area contributed by atoms with Gasteiger partial charge in [0.1, 0.15) is 5.75 Å². The Morgan fingerprint density at radius 2 is 1.95 bits per heavy atom. The van der Waals surface area contributed by atoms with Crippen LogP contribution < -0.4 is 16.0 Å². The molecule has 1 unspecified atom stereocenters. The largest absolute Gasteiger partial charge is 0.495 e. The number of hydrogen-bond donors (Lipinski definition) is 2. The third-order valence-corrected chi connectivity index (χ3v) is 3.42. The zero-order valence-electron chi connectivity index (χ0n) is 10.2. The molecule has 6 heteroatoms. The third kappa shape index (κ3) is 2.98. The summed E-state index contributed by atoms with van der Waals surface area (Å²) in [5, 5.41) is 1.08. The van der Waals surface area contributed by atoms with Crippen molar-refractivity contribution in [2.24, 2.45) is 5.84 Å². The molecule has 0 amide bonds. The van der Waals surface area contributed by atoms with Crippen LogP contribution in [0.5, 0.6) is 5.75 Å². The summed E-state index contributed by atoms with van der Waals surface area (Å²) in [5.41, 5.74) is 4.23. The van der Waals surface area contributed by atoms with Crippen molar-refractivity contribution in [3.8, 4) is 5.75 Å². The van der Waals surface area contributed by atoms with E-state index in [-0.39, 0.29) is 6.04 Å². The van der Waals surface area contributed by atoms with Crippen molar-refractivity contribution >= 4 is 23.2 Å². The van der Waals surface area contributed by atoms with E-state index in [1.54, 1.807) is 37.7 Å². The monoisotopic (exact) mass is 297 g/mol. The number of rotatable bonds is 4. The first kappa shape index (κ1) is 14.1. The lowest BCUT2D eigenvalue weighted by Crippen LogP contribution is -2.29. The number of benzene rings is 1. The Morgan fingerprint density at radius 3 is 2.53 bits per heavy atom. The number of nitrogens with two attached hydrogens (primary N) is 1. The van der Waals surface area contributed by atoms with Gasteiger partial charge >= 0.3 is 0 Å². The maximum absolute atomic E-state index is 6.19. The Morgan fingerprint density at radius 1 is 1.26 bits per heavy atom. The van der Waals surface area contributed by atoms with Gasteiger partial charge in [0.25, 0.3) is 0 Å². The lowest BCUT2D eigenvalue weighted by Gasteiger charge is -2.19. The maximum atomic E-state index is 6.19. The van der Waals surface area contributed by atoms with E-state index in [1.807, 2.05) is 6.07 Å². The fourth-order valence-electron chi connectivity index (χ4n) is 1.84. The number of hydrogen-bond acceptors (Lipinski definition) is 4. The summed E-state index contributed by atoms with van der Waals surface area (Å²) < 4.78 is 5.15. The van der Waals surface area contributed by atoms with Crippen LogP contribution in [0.25, 0.3) is 0 Å². The van der Waals surface area contributed by atoms with Crippen molar-refractivity contribution in [1.82, 2.24) is 10.4 Å². The van der Waals surface area contributed by atoms with Crippen molar-refractivity contribution < 1.29 is 4.74 Å². The molecule has 1 atom stereocenters. The minimum atomic E-state index is -0.358. The normalized spacial score (nSPS) is 12.2. The van der Waals surface area contributed by atoms with E-state index in [9.17, 15) is 0 Å². The molecule has 1 aromatic heterocycles. The SMILES string of the molecule is COc1cncc(C(NN)c2c(Cl)cccc2Cl)c1. The predicted octanol–water partition coefficient (Wildman–Crippen LogP) is 2.95. The van der Waals surface area contributed by atoms with E-state index in [4.69, 9.17) is 33.8 Å². The summed E-state index contributed by atoms with van der Waals surface area (Å²) >= 11 is 12.4. The molecule has 0 aliphatic heterocycles. The lowest BCUT2D eigenvalue weighted by atomic mass is 10.0. The molecule has 2 rings (SSSR count). The van der Waals surface area contributed by atoms with Crippen LogP contribution in [0.2, 0.25) is 10.0 Å². The van der Waals surface area contributed by atoms with E-state index in [0.29, 0.717) is 21.4 Å². The van der Waals surface area contributed by atoms with Crippen LogP contribution in [0.15, 0.2) is 36.7 Å². The molecule has 4 nitrogen and oxygen atoms in total. The molecule has 0 radical (unpaired) electrons. The van der Waals surface area contributed by atoms with E-state index in [2.05, 4.69) is 10.4 Å². The van der Waals surface area contributed by atoms with E-state index >= 15 is 0 Å². The molecule has 0 fully saturated rings. The number of hydrazine groups is 1. The van der Waals surface area contributed by atoms with E-state index < -0.39 is 0 Å². The Bertz CT molecular complexity index is 557. The second-order valence-electron chi connectivity index (χ2n) is 3.89. The molecule has 0 aliphatic rings. The van der Waals surface area contributed by atoms with Gasteiger partial charge in [0, 0.05) is 21.8 Å². The van der Waals surface area contributed by atoms with Gasteiger partial charge in [0.05, 0.1) is 19.3 Å². The van der Waals surface area contributed by atoms with Crippen molar-refractivity contribution in [3.05, 3.63) is 57.8 Å². The third-order valence-electron chi connectivity index (χ3n) is 2.76. The first-order valence-electron chi connectivity index (χ1n) is 5.56. The summed E-state index contributed by atoms with van der Waals surface area (Å²) in [4.78, 5) is 4.10. The van der Waals surface area contributed by atoms with Crippen molar-refractivity contribution in [1.29, 1.82) is 0 Å². The summed E-state index contributed by atoms with van der Waals surface area (Å²) in [6.45, 7) is 0. The van der Waals surface area contributed by atoms with Crippen LogP contribution in [-0.4, -0.2) is 12.1 Å². The first-order chi connectivity index (χ1) is 9.17. The molecule has 0 aliphatic carbocycles. The molecule has 100 valence electrons. The van der Waals surface area contributed by atoms with Crippen LogP contribution >= 0.6 is 23.2 Å². The number of nitrogens with zero attached hydrogens (tertiary/aromatic N) is 1. The molecule has 0 spiro atoms. The molecule has 19 heavy (non-hydrogen) atoms. The maximum Gasteiger partial charge on any atom is 0.137 e. The van der Waals surface area contributed by atoms with Gasteiger partial charge in [-0.3, -0.25) is 10.8 Å². The molecule has 3 N–H and O–H groups in total. The van der Waals surface area contributed by atoms with Crippen LogP contribution in [0.4, 0.5) is 0 Å². The van der Waals surface area contributed by atoms with Gasteiger partial charge in [0.15, 0.2) is 0 Å². The van der Waals surface area contributed by atoms with Gasteiger partial charge in [-0.25, -0.2) is 5.43 Å². The average Bonchev–Trinajstić information content (AvgIpc) is 2.43. The van der Waals surface area contributed by atoms with Gasteiger partial charge < -0.3 is 4.74 Å². The molecule has 0 saturated heterocycles. The fourth-order valence-corrected chi connectivity index (χ4v) is 2.45. The Kier molecular flexibility index (Phi) is 4.61. The smallest absolute Gasteiger partial charge is 0.137 e. The Labute approximate surface area is 121 Å². The number of halogens is 2. The highest BCUT2D eigenvalue weighted by molar-refractivity contribution is 6.36. The molecule has 1 aromatic carbocycles. The summed E-state index contributed by atoms with van der Waals surface area (Å²) in [7, 11) is 1.58. The molecular formula is C13H13Cl2N3O. The van der Waals surface area contributed by atoms with Crippen molar-refractivity contribution in [2.75, 3.05) is 7.11 Å². The highest BCUT2D eigenvalue weighted by Gasteiger charge is 2.19. The highest BCUT2D eigenvalue weighted by atomic mass is 35.5. The predicted molar refractivity (Wildman–Crippen MR) is 76.4 cm³/mol. The topological polar surface area (TPSA) is 60.2 Å². The summed E-state index contributed by atoms with van der Waals surface area (Å²) in [6.07, 6.45) is 3.30. The first-order valence-corrected chi connectivity index (χ1v) is 6.32. The van der Waals surface area contributed by atoms with Gasteiger partial charge in [-0.2, -0.15) is 0 Å². The minimum absolute atomic E-state index is 0.358. The number of aromatic nitrogens is 1. The van der Waals surface area contributed by atoms with Crippen molar-refractivity contribution in [2.45, 2.75) is 6.04 Å². The van der Waals surface area contributed by atoms with Crippen molar-refractivity contribution in [3.63, 3.8) is 0 Å². The Balaban J connectivity index is 2.50. The molecular weight excluding hydrogens is 285 g/mol. The average molecular weight is 298 g/mol. The standard InChI is InChI=1S/C13H13Cl2N3O/c1-19-9-5-8(6-17-7-9)13(18-16)12-10(14)3-2-4-11(12)15/h2-7,13,18H,16H2,1H3. The van der Waals surface area contributed by atoms with Crippen LogP contribution in [-0.2, 0) is 0 Å². The zero-order valence-corrected chi connectivity index (χ0v) is 11.7. The number of ether oxygens (including phenoxy) is 1. The van der Waals surface area contributed by atoms with Crippen LogP contribution in [0.1, 0.15) is 17.2 Å². The van der Waals surface area contributed by atoms with Gasteiger partial charge in [-0.05, 0) is 23.8 Å². The van der Waals surface area contributed by atoms with Crippen LogP contribution in [0, 0.1) is 0 Å². The second kappa shape index (κ2) is 6.21. The fraction of sp³-hybridized carbons (Fsp3) is 0.154. The van der Waals surface area contributed by atoms with Gasteiger partial charge in [-0.15, -0.1) is 0 Å². The molecule has 0 bridgehead atoms. The quantitative estimate of drug-likeness (QED) is 0.673.